The molecule has 1 aromatic carbocycles. The standard InChI is InChI=1S/C11H13FN2O2S/c1-17-11(5-6-11)7-13-9-4-2-3-8(12)10(9)14(15)16/h2-4,13H,5-7H2,1H3. The molecule has 1 aliphatic rings. The molecule has 0 bridgehead atoms. The summed E-state index contributed by atoms with van der Waals surface area (Å²) in [5.41, 5.74) is -0.209. The van der Waals surface area contributed by atoms with Gasteiger partial charge in [0.1, 0.15) is 5.69 Å². The van der Waals surface area contributed by atoms with E-state index in [-0.39, 0.29) is 10.4 Å². The van der Waals surface area contributed by atoms with Gasteiger partial charge < -0.3 is 5.32 Å². The van der Waals surface area contributed by atoms with Crippen LogP contribution >= 0.6 is 11.8 Å². The third-order valence-corrected chi connectivity index (χ3v) is 4.43. The normalized spacial score (nSPS) is 16.6. The van der Waals surface area contributed by atoms with Crippen LogP contribution in [0, 0.1) is 15.9 Å². The van der Waals surface area contributed by atoms with E-state index in [0.29, 0.717) is 6.54 Å². The average molecular weight is 256 g/mol. The quantitative estimate of drug-likeness (QED) is 0.650. The van der Waals surface area contributed by atoms with Crippen LogP contribution in [0.2, 0.25) is 0 Å². The topological polar surface area (TPSA) is 55.2 Å². The summed E-state index contributed by atoms with van der Waals surface area (Å²) in [5, 5.41) is 13.8. The maximum atomic E-state index is 13.3. The molecule has 17 heavy (non-hydrogen) atoms. The minimum Gasteiger partial charge on any atom is -0.378 e. The zero-order valence-corrected chi connectivity index (χ0v) is 10.2. The summed E-state index contributed by atoms with van der Waals surface area (Å²) < 4.78 is 13.5. The lowest BCUT2D eigenvalue weighted by Crippen LogP contribution is -2.18. The van der Waals surface area contributed by atoms with E-state index >= 15 is 0 Å². The third kappa shape index (κ3) is 2.52. The van der Waals surface area contributed by atoms with E-state index in [1.165, 1.54) is 12.1 Å². The van der Waals surface area contributed by atoms with Gasteiger partial charge in [-0.15, -0.1) is 0 Å². The van der Waals surface area contributed by atoms with Crippen molar-refractivity contribution in [3.8, 4) is 0 Å². The first-order valence-electron chi connectivity index (χ1n) is 5.30. The summed E-state index contributed by atoms with van der Waals surface area (Å²) in [6.07, 6.45) is 4.23. The second kappa shape index (κ2) is 4.52. The van der Waals surface area contributed by atoms with Crippen LogP contribution in [-0.2, 0) is 0 Å². The summed E-state index contributed by atoms with van der Waals surface area (Å²) in [4.78, 5) is 10.1. The van der Waals surface area contributed by atoms with E-state index in [2.05, 4.69) is 5.32 Å². The Kier molecular flexibility index (Phi) is 3.24. The summed E-state index contributed by atoms with van der Waals surface area (Å²) in [7, 11) is 0. The molecule has 1 N–H and O–H groups in total. The second-order valence-electron chi connectivity index (χ2n) is 4.13. The maximum Gasteiger partial charge on any atom is 0.327 e. The summed E-state index contributed by atoms with van der Waals surface area (Å²) in [6, 6.07) is 4.12. The number of rotatable bonds is 5. The molecule has 1 aliphatic carbocycles. The smallest absolute Gasteiger partial charge is 0.327 e. The fraction of sp³-hybridized carbons (Fsp3) is 0.455. The predicted octanol–water partition coefficient (Wildman–Crippen LogP) is 3.04. The van der Waals surface area contributed by atoms with Gasteiger partial charge in [0.15, 0.2) is 0 Å². The molecule has 1 fully saturated rings. The molecule has 0 aliphatic heterocycles. The highest BCUT2D eigenvalue weighted by Gasteiger charge is 2.41. The molecular weight excluding hydrogens is 243 g/mol. The predicted molar refractivity (Wildman–Crippen MR) is 67.0 cm³/mol. The van der Waals surface area contributed by atoms with Crippen LogP contribution in [-0.4, -0.2) is 22.5 Å². The molecule has 0 atom stereocenters. The Morgan fingerprint density at radius 2 is 2.29 bits per heavy atom. The van der Waals surface area contributed by atoms with E-state index < -0.39 is 16.4 Å². The SMILES string of the molecule is CSC1(CNc2cccc(F)c2[N+](=O)[O-])CC1. The molecule has 0 aromatic heterocycles. The minimum atomic E-state index is -0.797. The van der Waals surface area contributed by atoms with Crippen molar-refractivity contribution in [3.05, 3.63) is 34.1 Å². The molecule has 4 nitrogen and oxygen atoms in total. The van der Waals surface area contributed by atoms with Gasteiger partial charge in [-0.05, 0) is 31.2 Å². The van der Waals surface area contributed by atoms with Crippen LogP contribution in [0.3, 0.4) is 0 Å². The van der Waals surface area contributed by atoms with Crippen LogP contribution in [0.1, 0.15) is 12.8 Å². The summed E-state index contributed by atoms with van der Waals surface area (Å²) in [5.74, 6) is -0.797. The molecular formula is C11H13FN2O2S. The van der Waals surface area contributed by atoms with Crippen molar-refractivity contribution in [1.29, 1.82) is 0 Å². The van der Waals surface area contributed by atoms with Gasteiger partial charge in [0.25, 0.3) is 0 Å². The van der Waals surface area contributed by atoms with Gasteiger partial charge in [0, 0.05) is 11.3 Å². The van der Waals surface area contributed by atoms with Gasteiger partial charge >= 0.3 is 5.69 Å². The third-order valence-electron chi connectivity index (χ3n) is 3.01. The van der Waals surface area contributed by atoms with E-state index in [1.807, 2.05) is 6.26 Å². The number of nitrogens with one attached hydrogen (secondary N) is 1. The van der Waals surface area contributed by atoms with Crippen molar-refractivity contribution in [3.63, 3.8) is 0 Å². The van der Waals surface area contributed by atoms with Crippen molar-refractivity contribution < 1.29 is 9.31 Å². The van der Waals surface area contributed by atoms with Crippen LogP contribution < -0.4 is 5.32 Å². The number of nitro benzene ring substituents is 1. The number of benzene rings is 1. The molecule has 1 saturated carbocycles. The van der Waals surface area contributed by atoms with Crippen LogP contribution in [0.4, 0.5) is 15.8 Å². The molecule has 0 unspecified atom stereocenters. The van der Waals surface area contributed by atoms with E-state index in [4.69, 9.17) is 0 Å². The molecule has 0 spiro atoms. The van der Waals surface area contributed by atoms with Gasteiger partial charge in [0.05, 0.1) is 4.92 Å². The van der Waals surface area contributed by atoms with Crippen LogP contribution in [0.25, 0.3) is 0 Å². The lowest BCUT2D eigenvalue weighted by molar-refractivity contribution is -0.386. The van der Waals surface area contributed by atoms with Crippen molar-refractivity contribution in [2.75, 3.05) is 18.1 Å². The lowest BCUT2D eigenvalue weighted by atomic mass is 10.2. The van der Waals surface area contributed by atoms with Crippen molar-refractivity contribution in [2.24, 2.45) is 0 Å². The van der Waals surface area contributed by atoms with Gasteiger partial charge in [-0.3, -0.25) is 10.1 Å². The molecule has 0 saturated heterocycles. The molecule has 1 aromatic rings. The fourth-order valence-electron chi connectivity index (χ4n) is 1.69. The van der Waals surface area contributed by atoms with Gasteiger partial charge in [-0.1, -0.05) is 6.07 Å². The highest BCUT2D eigenvalue weighted by atomic mass is 32.2. The number of hydrogen-bond acceptors (Lipinski definition) is 4. The highest BCUT2D eigenvalue weighted by Crippen LogP contribution is 2.47. The first-order chi connectivity index (χ1) is 8.08. The summed E-state index contributed by atoms with van der Waals surface area (Å²) >= 11 is 1.75. The number of halogens is 1. The maximum absolute atomic E-state index is 13.3. The Bertz CT molecular complexity index is 449. The molecule has 6 heteroatoms. The number of hydrogen-bond donors (Lipinski definition) is 1. The summed E-state index contributed by atoms with van der Waals surface area (Å²) in [6.45, 7) is 0.637. The average Bonchev–Trinajstić information content (AvgIpc) is 3.06. The molecule has 0 heterocycles. The van der Waals surface area contributed by atoms with Gasteiger partial charge in [-0.25, -0.2) is 0 Å². The Balaban J connectivity index is 2.15. The Morgan fingerprint density at radius 3 is 2.82 bits per heavy atom. The first-order valence-corrected chi connectivity index (χ1v) is 6.52. The zero-order chi connectivity index (χ0) is 12.5. The van der Waals surface area contributed by atoms with Crippen molar-refractivity contribution in [1.82, 2.24) is 0 Å². The highest BCUT2D eigenvalue weighted by molar-refractivity contribution is 8.00. The lowest BCUT2D eigenvalue weighted by Gasteiger charge is -2.14. The number of para-hydroxylation sites is 1. The van der Waals surface area contributed by atoms with Crippen molar-refractivity contribution in [2.45, 2.75) is 17.6 Å². The van der Waals surface area contributed by atoms with Gasteiger partial charge in [-0.2, -0.15) is 16.2 Å². The minimum absolute atomic E-state index is 0.181. The number of nitrogens with zero attached hydrogens (tertiary/aromatic N) is 1. The first kappa shape index (κ1) is 12.2. The Hall–Kier alpha value is -1.30. The van der Waals surface area contributed by atoms with E-state index in [9.17, 15) is 14.5 Å². The van der Waals surface area contributed by atoms with Crippen molar-refractivity contribution >= 4 is 23.1 Å². The largest absolute Gasteiger partial charge is 0.378 e. The Labute approximate surface area is 103 Å². The molecule has 2 rings (SSSR count). The Morgan fingerprint density at radius 1 is 1.59 bits per heavy atom. The number of thioether (sulfide) groups is 1. The monoisotopic (exact) mass is 256 g/mol. The zero-order valence-electron chi connectivity index (χ0n) is 9.40. The molecule has 0 radical (unpaired) electrons. The molecule has 92 valence electrons. The van der Waals surface area contributed by atoms with Gasteiger partial charge in [0.2, 0.25) is 5.82 Å². The number of anilines is 1. The van der Waals surface area contributed by atoms with Crippen LogP contribution in [0.15, 0.2) is 18.2 Å². The van der Waals surface area contributed by atoms with E-state index in [0.717, 1.165) is 18.9 Å². The number of nitro groups is 1. The fourth-order valence-corrected chi connectivity index (χ4v) is 2.42. The molecule has 0 amide bonds. The van der Waals surface area contributed by atoms with Crippen LogP contribution in [0.5, 0.6) is 0 Å². The van der Waals surface area contributed by atoms with E-state index in [1.54, 1.807) is 11.8 Å². The second-order valence-corrected chi connectivity index (χ2v) is 5.41.